The lowest BCUT2D eigenvalue weighted by molar-refractivity contribution is 0.0636. The van der Waals surface area contributed by atoms with E-state index in [-0.39, 0.29) is 5.56 Å². The van der Waals surface area contributed by atoms with Gasteiger partial charge in [-0.2, -0.15) is 4.98 Å². The Hall–Kier alpha value is -5.29. The molecule has 0 radical (unpaired) electrons. The Morgan fingerprint density at radius 2 is 1.73 bits per heavy atom. The summed E-state index contributed by atoms with van der Waals surface area (Å²) >= 11 is 0. The minimum atomic E-state index is -0.653. The highest BCUT2D eigenvalue weighted by molar-refractivity contribution is 5.85. The molecule has 0 spiro atoms. The van der Waals surface area contributed by atoms with Gasteiger partial charge in [-0.25, -0.2) is 14.8 Å². The molecule has 4 heterocycles. The highest BCUT2D eigenvalue weighted by atomic mass is 16.6. The molecule has 5 aromatic rings. The zero-order chi connectivity index (χ0) is 31.4. The predicted molar refractivity (Wildman–Crippen MR) is 175 cm³/mol. The first kappa shape index (κ1) is 29.8. The Morgan fingerprint density at radius 3 is 2.47 bits per heavy atom. The summed E-state index contributed by atoms with van der Waals surface area (Å²) in [5.41, 5.74) is 2.87. The molecule has 0 aliphatic carbocycles. The Morgan fingerprint density at radius 1 is 0.933 bits per heavy atom. The van der Waals surface area contributed by atoms with Crippen LogP contribution in [0.5, 0.6) is 0 Å². The van der Waals surface area contributed by atoms with E-state index in [1.165, 1.54) is 0 Å². The van der Waals surface area contributed by atoms with Gasteiger partial charge in [-0.15, -0.1) is 0 Å². The predicted octanol–water partition coefficient (Wildman–Crippen LogP) is 5.69. The fourth-order valence-electron chi connectivity index (χ4n) is 5.11. The second kappa shape index (κ2) is 12.7. The molecule has 0 bridgehead atoms. The van der Waals surface area contributed by atoms with Crippen LogP contribution in [0, 0.1) is 0 Å². The maximum atomic E-state index is 14.1. The number of ether oxygens (including phenoxy) is 2. The van der Waals surface area contributed by atoms with Crippen LogP contribution in [0.3, 0.4) is 0 Å². The van der Waals surface area contributed by atoms with E-state index < -0.39 is 11.7 Å². The van der Waals surface area contributed by atoms with E-state index in [9.17, 15) is 9.59 Å². The van der Waals surface area contributed by atoms with Crippen LogP contribution in [-0.4, -0.2) is 57.5 Å². The largest absolute Gasteiger partial charge is 0.444 e. The standard InChI is InChI=1S/C34H35N7O4/c1-34(2,3)45-33(43)38-26-10-7-11-28(20-26)41-30-25(19-24(31(41)42)18-23-8-5-4-6-9-23)21-36-32(39-30)37-27-12-13-29(35-22-27)40-14-16-44-17-15-40/h4-13,19-22H,14-18H2,1-3H3,(H,38,43)(H,36,37,39). The van der Waals surface area contributed by atoms with Gasteiger partial charge < -0.3 is 19.7 Å². The Labute approximate surface area is 260 Å². The molecule has 0 saturated carbocycles. The van der Waals surface area contributed by atoms with E-state index in [0.29, 0.717) is 59.2 Å². The van der Waals surface area contributed by atoms with Gasteiger partial charge in [0.05, 0.1) is 30.8 Å². The van der Waals surface area contributed by atoms with Crippen LogP contribution in [0.15, 0.2) is 90.0 Å². The van der Waals surface area contributed by atoms with Gasteiger partial charge in [-0.05, 0) is 62.7 Å². The van der Waals surface area contributed by atoms with Crippen LogP contribution >= 0.6 is 0 Å². The lowest BCUT2D eigenvalue weighted by Gasteiger charge is -2.27. The van der Waals surface area contributed by atoms with Crippen LogP contribution in [0.2, 0.25) is 0 Å². The summed E-state index contributed by atoms with van der Waals surface area (Å²) in [5.74, 6) is 1.19. The Bertz CT molecular complexity index is 1860. The first-order chi connectivity index (χ1) is 21.7. The van der Waals surface area contributed by atoms with Crippen molar-refractivity contribution >= 4 is 40.3 Å². The van der Waals surface area contributed by atoms with Gasteiger partial charge in [-0.1, -0.05) is 36.4 Å². The molecule has 11 heteroatoms. The average molecular weight is 606 g/mol. The molecular weight excluding hydrogens is 570 g/mol. The highest BCUT2D eigenvalue weighted by Crippen LogP contribution is 2.23. The van der Waals surface area contributed by atoms with Crippen LogP contribution in [0.4, 0.5) is 27.9 Å². The molecule has 45 heavy (non-hydrogen) atoms. The molecule has 1 aliphatic rings. The fraction of sp³-hybridized carbons (Fsp3) is 0.265. The van der Waals surface area contributed by atoms with E-state index >= 15 is 0 Å². The van der Waals surface area contributed by atoms with Gasteiger partial charge in [0.1, 0.15) is 11.4 Å². The van der Waals surface area contributed by atoms with Crippen molar-refractivity contribution in [1.82, 2.24) is 19.5 Å². The number of nitrogens with one attached hydrogen (secondary N) is 2. The first-order valence-corrected chi connectivity index (χ1v) is 14.8. The van der Waals surface area contributed by atoms with Crippen molar-refractivity contribution in [3.05, 3.63) is 107 Å². The molecule has 230 valence electrons. The second-order valence-electron chi connectivity index (χ2n) is 11.8. The number of nitrogens with zero attached hydrogens (tertiary/aromatic N) is 5. The van der Waals surface area contributed by atoms with Gasteiger partial charge in [0.2, 0.25) is 5.95 Å². The summed E-state index contributed by atoms with van der Waals surface area (Å²) in [4.78, 5) is 42.7. The molecule has 3 aromatic heterocycles. The minimum Gasteiger partial charge on any atom is -0.444 e. The molecule has 2 N–H and O–H groups in total. The van der Waals surface area contributed by atoms with Gasteiger partial charge in [0, 0.05) is 42.3 Å². The molecule has 0 unspecified atom stereocenters. The molecule has 11 nitrogen and oxygen atoms in total. The lowest BCUT2D eigenvalue weighted by Crippen LogP contribution is -2.36. The maximum Gasteiger partial charge on any atom is 0.412 e. The van der Waals surface area contributed by atoms with Crippen molar-refractivity contribution in [3.8, 4) is 5.69 Å². The molecule has 1 saturated heterocycles. The number of carbonyl (C=O) groups is 1. The number of hydrogen-bond donors (Lipinski definition) is 2. The monoisotopic (exact) mass is 605 g/mol. The molecular formula is C34H35N7O4. The van der Waals surface area contributed by atoms with E-state index in [2.05, 4.69) is 25.5 Å². The molecule has 6 rings (SSSR count). The number of carbonyl (C=O) groups excluding carboxylic acids is 1. The van der Waals surface area contributed by atoms with E-state index in [4.69, 9.17) is 14.5 Å². The molecule has 2 aromatic carbocycles. The number of morpholine rings is 1. The minimum absolute atomic E-state index is 0.220. The molecule has 1 fully saturated rings. The third kappa shape index (κ3) is 7.27. The van der Waals surface area contributed by atoms with Crippen molar-refractivity contribution in [3.63, 3.8) is 0 Å². The number of benzene rings is 2. The van der Waals surface area contributed by atoms with Crippen LogP contribution in [-0.2, 0) is 15.9 Å². The van der Waals surface area contributed by atoms with Crippen LogP contribution in [0.25, 0.3) is 16.7 Å². The van der Waals surface area contributed by atoms with Gasteiger partial charge in [-0.3, -0.25) is 14.7 Å². The van der Waals surface area contributed by atoms with Crippen molar-refractivity contribution in [2.45, 2.75) is 32.8 Å². The average Bonchev–Trinajstić information content (AvgIpc) is 3.02. The number of amides is 1. The zero-order valence-electron chi connectivity index (χ0n) is 25.5. The summed E-state index contributed by atoms with van der Waals surface area (Å²) in [6.07, 6.45) is 3.29. The summed E-state index contributed by atoms with van der Waals surface area (Å²) in [6.45, 7) is 8.35. The number of fused-ring (bicyclic) bond motifs is 1. The molecule has 1 amide bonds. The lowest BCUT2D eigenvalue weighted by atomic mass is 10.1. The Balaban J connectivity index is 1.37. The van der Waals surface area contributed by atoms with Crippen molar-refractivity contribution in [2.75, 3.05) is 41.8 Å². The second-order valence-corrected chi connectivity index (χ2v) is 11.8. The number of anilines is 4. The van der Waals surface area contributed by atoms with Crippen LogP contribution < -0.4 is 21.1 Å². The van der Waals surface area contributed by atoms with Gasteiger partial charge in [0.15, 0.2) is 5.65 Å². The topological polar surface area (TPSA) is 124 Å². The Kier molecular flexibility index (Phi) is 8.43. The highest BCUT2D eigenvalue weighted by Gasteiger charge is 2.18. The number of aromatic nitrogens is 4. The molecule has 1 aliphatic heterocycles. The van der Waals surface area contributed by atoms with E-state index in [0.717, 1.165) is 24.5 Å². The number of rotatable bonds is 7. The SMILES string of the molecule is CC(C)(C)OC(=O)Nc1cccc(-n2c(=O)c(Cc3ccccc3)cc3cnc(Nc4ccc(N5CCOCC5)nc4)nc32)c1. The van der Waals surface area contributed by atoms with Gasteiger partial charge in [0.25, 0.3) is 5.56 Å². The zero-order valence-corrected chi connectivity index (χ0v) is 25.5. The first-order valence-electron chi connectivity index (χ1n) is 14.8. The fourth-order valence-corrected chi connectivity index (χ4v) is 5.11. The smallest absolute Gasteiger partial charge is 0.412 e. The summed E-state index contributed by atoms with van der Waals surface area (Å²) in [7, 11) is 0. The van der Waals surface area contributed by atoms with Crippen molar-refractivity contribution in [1.29, 1.82) is 0 Å². The van der Waals surface area contributed by atoms with Crippen molar-refractivity contribution < 1.29 is 14.3 Å². The number of hydrogen-bond acceptors (Lipinski definition) is 9. The quantitative estimate of drug-likeness (QED) is 0.241. The third-order valence-corrected chi connectivity index (χ3v) is 7.14. The normalized spacial score (nSPS) is 13.4. The summed E-state index contributed by atoms with van der Waals surface area (Å²) in [6, 6.07) is 22.6. The third-order valence-electron chi connectivity index (χ3n) is 7.14. The van der Waals surface area contributed by atoms with E-state index in [1.54, 1.807) is 62.0 Å². The molecule has 0 atom stereocenters. The van der Waals surface area contributed by atoms with Crippen molar-refractivity contribution in [2.24, 2.45) is 0 Å². The van der Waals surface area contributed by atoms with E-state index in [1.807, 2.05) is 48.5 Å². The summed E-state index contributed by atoms with van der Waals surface area (Å²) < 4.78 is 12.4. The van der Waals surface area contributed by atoms with Gasteiger partial charge >= 0.3 is 6.09 Å². The number of pyridine rings is 2. The van der Waals surface area contributed by atoms with Crippen LogP contribution in [0.1, 0.15) is 31.9 Å². The summed E-state index contributed by atoms with van der Waals surface area (Å²) in [5, 5.41) is 6.68. The maximum absolute atomic E-state index is 14.1.